The minimum Gasteiger partial charge on any atom is -0.235 e. The second-order valence-corrected chi connectivity index (χ2v) is 5.91. The van der Waals surface area contributed by atoms with Crippen molar-refractivity contribution in [2.75, 3.05) is 0 Å². The topological polar surface area (TPSA) is 30.2 Å². The van der Waals surface area contributed by atoms with Gasteiger partial charge >= 0.3 is 0 Å². The Morgan fingerprint density at radius 1 is 0.818 bits per heavy atom. The van der Waals surface area contributed by atoms with E-state index in [1.54, 1.807) is 6.20 Å². The normalized spacial score (nSPS) is 11.0. The van der Waals surface area contributed by atoms with E-state index in [-0.39, 0.29) is 0 Å². The fourth-order valence-corrected chi connectivity index (χ4v) is 2.88. The van der Waals surface area contributed by atoms with Gasteiger partial charge in [0.25, 0.3) is 0 Å². The van der Waals surface area contributed by atoms with Gasteiger partial charge in [0.1, 0.15) is 5.69 Å². The van der Waals surface area contributed by atoms with Gasteiger partial charge in [-0.3, -0.25) is 0 Å². The number of halogens is 1. The Bertz CT molecular complexity index is 931. The lowest BCUT2D eigenvalue weighted by atomic mass is 10.0. The molecule has 4 rings (SSSR count). The Morgan fingerprint density at radius 3 is 2.14 bits per heavy atom. The van der Waals surface area contributed by atoms with Crippen LogP contribution in [0.1, 0.15) is 0 Å². The summed E-state index contributed by atoms with van der Waals surface area (Å²) < 4.78 is 2.73. The standard InChI is InChI=1S/C18H12BrN3/c19-15-11-20-18-16(13-7-3-1-4-8-13)17(21-22(18)12-15)14-9-5-2-6-10-14/h1-12H. The zero-order chi connectivity index (χ0) is 14.9. The molecule has 0 N–H and O–H groups in total. The fourth-order valence-electron chi connectivity index (χ4n) is 2.58. The molecule has 22 heavy (non-hydrogen) atoms. The largest absolute Gasteiger partial charge is 0.235 e. The zero-order valence-electron chi connectivity index (χ0n) is 11.6. The number of benzene rings is 2. The van der Waals surface area contributed by atoms with Crippen LogP contribution in [-0.4, -0.2) is 14.6 Å². The van der Waals surface area contributed by atoms with Crippen molar-refractivity contribution in [1.29, 1.82) is 0 Å². The highest BCUT2D eigenvalue weighted by atomic mass is 79.9. The summed E-state index contributed by atoms with van der Waals surface area (Å²) in [6.45, 7) is 0. The second kappa shape index (κ2) is 5.39. The summed E-state index contributed by atoms with van der Waals surface area (Å²) >= 11 is 3.46. The third-order valence-corrected chi connectivity index (χ3v) is 3.96. The van der Waals surface area contributed by atoms with Gasteiger partial charge in [-0.05, 0) is 21.5 Å². The zero-order valence-corrected chi connectivity index (χ0v) is 13.2. The highest BCUT2D eigenvalue weighted by Gasteiger charge is 2.17. The van der Waals surface area contributed by atoms with Crippen LogP contribution in [0.2, 0.25) is 0 Å². The smallest absolute Gasteiger partial charge is 0.163 e. The van der Waals surface area contributed by atoms with Crippen LogP contribution < -0.4 is 0 Å². The minimum atomic E-state index is 0.855. The van der Waals surface area contributed by atoms with E-state index in [4.69, 9.17) is 5.10 Å². The summed E-state index contributed by atoms with van der Waals surface area (Å²) in [6.07, 6.45) is 3.74. The Kier molecular flexibility index (Phi) is 3.24. The maximum atomic E-state index is 4.74. The van der Waals surface area contributed by atoms with E-state index < -0.39 is 0 Å². The fraction of sp³-hybridized carbons (Fsp3) is 0. The maximum absolute atomic E-state index is 4.74. The van der Waals surface area contributed by atoms with Crippen molar-refractivity contribution in [3.63, 3.8) is 0 Å². The second-order valence-electron chi connectivity index (χ2n) is 5.00. The summed E-state index contributed by atoms with van der Waals surface area (Å²) in [6, 6.07) is 20.5. The van der Waals surface area contributed by atoms with Gasteiger partial charge in [0.05, 0.1) is 10.0 Å². The minimum absolute atomic E-state index is 0.855. The number of rotatable bonds is 2. The molecule has 0 amide bonds. The predicted molar refractivity (Wildman–Crippen MR) is 91.6 cm³/mol. The molecule has 0 spiro atoms. The van der Waals surface area contributed by atoms with Crippen LogP contribution in [0, 0.1) is 0 Å². The van der Waals surface area contributed by atoms with E-state index in [2.05, 4.69) is 45.2 Å². The summed E-state index contributed by atoms with van der Waals surface area (Å²) in [5.74, 6) is 0. The van der Waals surface area contributed by atoms with Crippen LogP contribution in [0.25, 0.3) is 28.0 Å². The van der Waals surface area contributed by atoms with E-state index in [1.165, 1.54) is 0 Å². The molecule has 4 aromatic rings. The van der Waals surface area contributed by atoms with E-state index in [0.29, 0.717) is 0 Å². The van der Waals surface area contributed by atoms with E-state index in [0.717, 1.165) is 32.5 Å². The van der Waals surface area contributed by atoms with Crippen molar-refractivity contribution in [3.8, 4) is 22.4 Å². The van der Waals surface area contributed by atoms with Crippen molar-refractivity contribution in [1.82, 2.24) is 14.6 Å². The molecule has 0 aliphatic rings. The number of fused-ring (bicyclic) bond motifs is 1. The van der Waals surface area contributed by atoms with Gasteiger partial charge in [-0.2, -0.15) is 5.10 Å². The van der Waals surface area contributed by atoms with Crippen molar-refractivity contribution < 1.29 is 0 Å². The molecule has 4 heteroatoms. The number of nitrogens with zero attached hydrogens (tertiary/aromatic N) is 3. The predicted octanol–water partition coefficient (Wildman–Crippen LogP) is 4.83. The number of hydrogen-bond acceptors (Lipinski definition) is 2. The first-order valence-electron chi connectivity index (χ1n) is 6.97. The summed E-state index contributed by atoms with van der Waals surface area (Å²) in [7, 11) is 0. The first-order chi connectivity index (χ1) is 10.8. The van der Waals surface area contributed by atoms with Gasteiger partial charge in [0.2, 0.25) is 0 Å². The molecule has 2 aromatic heterocycles. The van der Waals surface area contributed by atoms with Crippen molar-refractivity contribution >= 4 is 21.6 Å². The number of hydrogen-bond donors (Lipinski definition) is 0. The molecule has 0 unspecified atom stereocenters. The summed E-state index contributed by atoms with van der Waals surface area (Å²) in [5.41, 5.74) is 5.05. The summed E-state index contributed by atoms with van der Waals surface area (Å²) in [4.78, 5) is 4.56. The molecule has 0 saturated heterocycles. The quantitative estimate of drug-likeness (QED) is 0.519. The van der Waals surface area contributed by atoms with E-state index in [9.17, 15) is 0 Å². The molecule has 0 atom stereocenters. The van der Waals surface area contributed by atoms with Gasteiger partial charge in [0.15, 0.2) is 5.65 Å². The third kappa shape index (κ3) is 2.22. The molecular weight excluding hydrogens is 338 g/mol. The van der Waals surface area contributed by atoms with Crippen LogP contribution in [0.4, 0.5) is 0 Å². The molecule has 0 saturated carbocycles. The molecule has 2 aromatic carbocycles. The Balaban J connectivity index is 2.07. The maximum Gasteiger partial charge on any atom is 0.163 e. The molecule has 0 aliphatic carbocycles. The van der Waals surface area contributed by atoms with Gasteiger partial charge in [-0.25, -0.2) is 9.50 Å². The highest BCUT2D eigenvalue weighted by molar-refractivity contribution is 9.10. The third-order valence-electron chi connectivity index (χ3n) is 3.55. The van der Waals surface area contributed by atoms with E-state index >= 15 is 0 Å². The van der Waals surface area contributed by atoms with Gasteiger partial charge < -0.3 is 0 Å². The van der Waals surface area contributed by atoms with Gasteiger partial charge in [-0.1, -0.05) is 60.7 Å². The molecule has 2 heterocycles. The molecule has 3 nitrogen and oxygen atoms in total. The Hall–Kier alpha value is -2.46. The van der Waals surface area contributed by atoms with Crippen LogP contribution in [0.5, 0.6) is 0 Å². The monoisotopic (exact) mass is 349 g/mol. The molecule has 0 fully saturated rings. The first kappa shape index (κ1) is 13.2. The Labute approximate surface area is 136 Å². The first-order valence-corrected chi connectivity index (χ1v) is 7.77. The van der Waals surface area contributed by atoms with Gasteiger partial charge in [0, 0.05) is 18.0 Å². The SMILES string of the molecule is Brc1cnc2c(-c3ccccc3)c(-c3ccccc3)nn2c1. The highest BCUT2D eigenvalue weighted by Crippen LogP contribution is 2.34. The lowest BCUT2D eigenvalue weighted by Gasteiger charge is -2.03. The van der Waals surface area contributed by atoms with Crippen molar-refractivity contribution in [2.24, 2.45) is 0 Å². The lowest BCUT2D eigenvalue weighted by Crippen LogP contribution is -1.89. The van der Waals surface area contributed by atoms with Crippen LogP contribution in [0.15, 0.2) is 77.5 Å². The van der Waals surface area contributed by atoms with E-state index in [1.807, 2.05) is 47.1 Å². The molecule has 106 valence electrons. The van der Waals surface area contributed by atoms with Crippen LogP contribution in [-0.2, 0) is 0 Å². The van der Waals surface area contributed by atoms with Crippen LogP contribution in [0.3, 0.4) is 0 Å². The average molecular weight is 350 g/mol. The molecular formula is C18H12BrN3. The molecule has 0 radical (unpaired) electrons. The lowest BCUT2D eigenvalue weighted by molar-refractivity contribution is 0.937. The average Bonchev–Trinajstić information content (AvgIpc) is 2.95. The Morgan fingerprint density at radius 2 is 1.45 bits per heavy atom. The summed E-state index contributed by atoms with van der Waals surface area (Å²) in [5, 5.41) is 4.74. The molecule has 0 aliphatic heterocycles. The number of aromatic nitrogens is 3. The van der Waals surface area contributed by atoms with Crippen LogP contribution >= 0.6 is 15.9 Å². The van der Waals surface area contributed by atoms with Crippen molar-refractivity contribution in [2.45, 2.75) is 0 Å². The van der Waals surface area contributed by atoms with Gasteiger partial charge in [-0.15, -0.1) is 0 Å². The molecule has 0 bridgehead atoms. The van der Waals surface area contributed by atoms with Crippen molar-refractivity contribution in [3.05, 3.63) is 77.5 Å².